The number of benzene rings is 1. The van der Waals surface area contributed by atoms with Crippen molar-refractivity contribution in [1.82, 2.24) is 0 Å². The van der Waals surface area contributed by atoms with Crippen molar-refractivity contribution >= 4 is 8.80 Å². The molecule has 0 spiro atoms. The summed E-state index contributed by atoms with van der Waals surface area (Å²) < 4.78 is 0. The molecule has 1 N–H and O–H groups in total. The third kappa shape index (κ3) is 3.45. The average Bonchev–Trinajstić information content (AvgIpc) is 2.15. The molecule has 1 rings (SSSR count). The van der Waals surface area contributed by atoms with E-state index >= 15 is 0 Å². The first kappa shape index (κ1) is 10.0. The summed E-state index contributed by atoms with van der Waals surface area (Å²) in [5, 5.41) is 9.61. The number of aliphatic hydroxyl groups is 1. The predicted octanol–water partition coefficient (Wildman–Crippen LogP) is 2.02. The van der Waals surface area contributed by atoms with Crippen LogP contribution >= 0.6 is 0 Å². The molecule has 0 aromatic heterocycles. The zero-order chi connectivity index (χ0) is 9.68. The first-order valence-electron chi connectivity index (χ1n) is 4.25. The van der Waals surface area contributed by atoms with E-state index in [1.54, 1.807) is 0 Å². The Morgan fingerprint density at radius 3 is 2.38 bits per heavy atom. The van der Waals surface area contributed by atoms with E-state index in [1.807, 2.05) is 30.3 Å². The van der Waals surface area contributed by atoms with Crippen LogP contribution in [0.5, 0.6) is 0 Å². The summed E-state index contributed by atoms with van der Waals surface area (Å²) in [6.45, 7) is 4.21. The van der Waals surface area contributed by atoms with E-state index in [0.29, 0.717) is 0 Å². The van der Waals surface area contributed by atoms with Crippen molar-refractivity contribution in [2.75, 3.05) is 0 Å². The van der Waals surface area contributed by atoms with Crippen LogP contribution in [0.3, 0.4) is 0 Å². The quantitative estimate of drug-likeness (QED) is 0.529. The molecule has 13 heavy (non-hydrogen) atoms. The van der Waals surface area contributed by atoms with Crippen LogP contribution in [-0.2, 0) is 0 Å². The molecule has 0 aliphatic carbocycles. The molecule has 1 nitrogen and oxygen atoms in total. The van der Waals surface area contributed by atoms with Gasteiger partial charge in [0.25, 0.3) is 0 Å². The summed E-state index contributed by atoms with van der Waals surface area (Å²) in [5.41, 5.74) is 3.92. The molecule has 1 aromatic carbocycles. The third-order valence-corrected chi connectivity index (χ3v) is 2.22. The summed E-state index contributed by atoms with van der Waals surface area (Å²) in [6.07, 6.45) is -0.624. The van der Waals surface area contributed by atoms with Gasteiger partial charge in [0.1, 0.15) is 14.9 Å². The van der Waals surface area contributed by atoms with Gasteiger partial charge in [0.05, 0.1) is 0 Å². The Hall–Kier alpha value is -1.04. The molecule has 0 amide bonds. The molecule has 1 atom stereocenters. The van der Waals surface area contributed by atoms with Gasteiger partial charge in [-0.2, -0.15) is 0 Å². The first-order valence-corrected chi connectivity index (χ1v) is 6.75. The van der Waals surface area contributed by atoms with E-state index in [4.69, 9.17) is 0 Å². The molecule has 0 heterocycles. The molecule has 1 aromatic rings. The standard InChI is InChI=1S/C11H13OSi/c1-13(2)9-8-11(12)10-6-4-3-5-7-10/h3-7,11-12H,1-2H3. The lowest BCUT2D eigenvalue weighted by atomic mass is 10.1. The van der Waals surface area contributed by atoms with Gasteiger partial charge in [-0.1, -0.05) is 49.3 Å². The molecular formula is C11H13OSi. The van der Waals surface area contributed by atoms with Crippen molar-refractivity contribution in [2.24, 2.45) is 0 Å². The summed E-state index contributed by atoms with van der Waals surface area (Å²) >= 11 is 0. The van der Waals surface area contributed by atoms with E-state index in [1.165, 1.54) is 0 Å². The van der Waals surface area contributed by atoms with Crippen LogP contribution in [0.2, 0.25) is 13.1 Å². The molecule has 1 radical (unpaired) electrons. The molecule has 67 valence electrons. The Kier molecular flexibility index (Phi) is 3.75. The van der Waals surface area contributed by atoms with Gasteiger partial charge < -0.3 is 5.11 Å². The Morgan fingerprint density at radius 1 is 1.23 bits per heavy atom. The maximum absolute atomic E-state index is 9.61. The largest absolute Gasteiger partial charge is 0.376 e. The van der Waals surface area contributed by atoms with Gasteiger partial charge in [-0.25, -0.2) is 0 Å². The second-order valence-corrected chi connectivity index (χ2v) is 5.33. The summed E-state index contributed by atoms with van der Waals surface area (Å²) in [6, 6.07) is 9.51. The van der Waals surface area contributed by atoms with E-state index in [9.17, 15) is 5.11 Å². The normalized spacial score (nSPS) is 12.0. The fourth-order valence-corrected chi connectivity index (χ4v) is 1.36. The number of rotatable bonds is 1. The van der Waals surface area contributed by atoms with Crippen molar-refractivity contribution in [3.63, 3.8) is 0 Å². The van der Waals surface area contributed by atoms with Gasteiger partial charge in [-0.05, 0) is 5.56 Å². The van der Waals surface area contributed by atoms with E-state index in [2.05, 4.69) is 24.6 Å². The van der Waals surface area contributed by atoms with Crippen LogP contribution in [0.15, 0.2) is 30.3 Å². The highest BCUT2D eigenvalue weighted by Crippen LogP contribution is 2.09. The number of hydrogen-bond acceptors (Lipinski definition) is 1. The molecule has 0 saturated carbocycles. The zero-order valence-corrected chi connectivity index (χ0v) is 8.91. The van der Waals surface area contributed by atoms with Crippen molar-refractivity contribution in [1.29, 1.82) is 0 Å². The first-order chi connectivity index (χ1) is 6.20. The van der Waals surface area contributed by atoms with Gasteiger partial charge in [-0.15, -0.1) is 5.54 Å². The molecule has 0 saturated heterocycles. The van der Waals surface area contributed by atoms with Crippen LogP contribution < -0.4 is 0 Å². The smallest absolute Gasteiger partial charge is 0.139 e. The topological polar surface area (TPSA) is 20.2 Å². The predicted molar refractivity (Wildman–Crippen MR) is 56.7 cm³/mol. The average molecular weight is 189 g/mol. The number of aliphatic hydroxyl groups excluding tert-OH is 1. The monoisotopic (exact) mass is 189 g/mol. The van der Waals surface area contributed by atoms with Crippen LogP contribution in [0.1, 0.15) is 11.7 Å². The molecule has 0 fully saturated rings. The van der Waals surface area contributed by atoms with Gasteiger partial charge in [-0.3, -0.25) is 0 Å². The lowest BCUT2D eigenvalue weighted by Gasteiger charge is -2.02. The maximum atomic E-state index is 9.61. The second-order valence-electron chi connectivity index (χ2n) is 3.08. The summed E-state index contributed by atoms with van der Waals surface area (Å²) in [5.74, 6) is 2.85. The molecule has 0 bridgehead atoms. The van der Waals surface area contributed by atoms with Gasteiger partial charge in [0.15, 0.2) is 0 Å². The van der Waals surface area contributed by atoms with Gasteiger partial charge >= 0.3 is 0 Å². The Balaban J connectivity index is 2.71. The maximum Gasteiger partial charge on any atom is 0.139 e. The minimum absolute atomic E-state index is 0.558. The van der Waals surface area contributed by atoms with Crippen LogP contribution in [0, 0.1) is 11.5 Å². The second kappa shape index (κ2) is 4.86. The SMILES string of the molecule is C[Si](C)C#CC(O)c1ccccc1. The van der Waals surface area contributed by atoms with E-state index < -0.39 is 14.9 Å². The molecule has 1 unspecified atom stereocenters. The molecular weight excluding hydrogens is 176 g/mol. The van der Waals surface area contributed by atoms with Gasteiger partial charge in [0, 0.05) is 0 Å². The highest BCUT2D eigenvalue weighted by atomic mass is 28.3. The summed E-state index contributed by atoms with van der Waals surface area (Å²) in [7, 11) is -0.558. The van der Waals surface area contributed by atoms with Crippen molar-refractivity contribution in [2.45, 2.75) is 19.2 Å². The molecule has 0 aliphatic rings. The van der Waals surface area contributed by atoms with Crippen molar-refractivity contribution < 1.29 is 5.11 Å². The Labute approximate surface area is 81.0 Å². The van der Waals surface area contributed by atoms with E-state index in [-0.39, 0.29) is 0 Å². The van der Waals surface area contributed by atoms with E-state index in [0.717, 1.165) is 5.56 Å². The van der Waals surface area contributed by atoms with Crippen LogP contribution in [0.4, 0.5) is 0 Å². The highest BCUT2D eigenvalue weighted by molar-refractivity contribution is 6.64. The fraction of sp³-hybridized carbons (Fsp3) is 0.273. The summed E-state index contributed by atoms with van der Waals surface area (Å²) in [4.78, 5) is 0. The Morgan fingerprint density at radius 2 is 1.85 bits per heavy atom. The third-order valence-electron chi connectivity index (χ3n) is 1.57. The Bertz CT molecular complexity index is 308. The van der Waals surface area contributed by atoms with Crippen molar-refractivity contribution in [3.8, 4) is 11.5 Å². The number of hydrogen-bond donors (Lipinski definition) is 1. The minimum Gasteiger partial charge on any atom is -0.376 e. The lowest BCUT2D eigenvalue weighted by Crippen LogP contribution is -1.98. The minimum atomic E-state index is -0.624. The lowest BCUT2D eigenvalue weighted by molar-refractivity contribution is 0.238. The zero-order valence-electron chi connectivity index (χ0n) is 7.91. The van der Waals surface area contributed by atoms with Crippen LogP contribution in [0.25, 0.3) is 0 Å². The van der Waals surface area contributed by atoms with Crippen LogP contribution in [-0.4, -0.2) is 13.9 Å². The van der Waals surface area contributed by atoms with Gasteiger partial charge in [0.2, 0.25) is 0 Å². The fourth-order valence-electron chi connectivity index (χ4n) is 0.931. The molecule has 2 heteroatoms. The highest BCUT2D eigenvalue weighted by Gasteiger charge is 2.00. The van der Waals surface area contributed by atoms with Crippen molar-refractivity contribution in [3.05, 3.63) is 35.9 Å². The molecule has 0 aliphatic heterocycles.